The zero-order valence-corrected chi connectivity index (χ0v) is 9.86. The number of carbonyl (C=O) groups is 1. The number of ketones is 1. The molecule has 0 saturated carbocycles. The van der Waals surface area contributed by atoms with E-state index < -0.39 is 0 Å². The van der Waals surface area contributed by atoms with Gasteiger partial charge in [-0.3, -0.25) is 4.79 Å². The number of aromatic hydroxyl groups is 1. The molecule has 0 aliphatic rings. The lowest BCUT2D eigenvalue weighted by atomic mass is 10.0. The molecule has 0 aliphatic carbocycles. The molecule has 1 atom stereocenters. The third-order valence-electron chi connectivity index (χ3n) is 2.73. The summed E-state index contributed by atoms with van der Waals surface area (Å²) < 4.78 is 0. The van der Waals surface area contributed by atoms with Gasteiger partial charge < -0.3 is 10.4 Å². The lowest BCUT2D eigenvalue weighted by Gasteiger charge is -2.12. The molecule has 1 rings (SSSR count). The van der Waals surface area contributed by atoms with Crippen LogP contribution in [0.2, 0.25) is 0 Å². The summed E-state index contributed by atoms with van der Waals surface area (Å²) in [5.41, 5.74) is 1.19. The van der Waals surface area contributed by atoms with Crippen LogP contribution in [0, 0.1) is 0 Å². The number of nitrogens with one attached hydrogen (secondary N) is 1. The van der Waals surface area contributed by atoms with Crippen molar-refractivity contribution in [3.8, 4) is 5.75 Å². The summed E-state index contributed by atoms with van der Waals surface area (Å²) in [5.74, 6) is 0.480. The molecule has 0 radical (unpaired) electrons. The third-order valence-corrected chi connectivity index (χ3v) is 2.73. The first-order valence-electron chi connectivity index (χ1n) is 5.59. The van der Waals surface area contributed by atoms with Crippen LogP contribution in [0.4, 0.5) is 0 Å². The van der Waals surface area contributed by atoms with Gasteiger partial charge in [0, 0.05) is 0 Å². The molecule has 0 amide bonds. The molecule has 0 spiro atoms. The summed E-state index contributed by atoms with van der Waals surface area (Å²) in [6, 6.07) is 7.18. The fourth-order valence-corrected chi connectivity index (χ4v) is 1.72. The largest absolute Gasteiger partial charge is 0.508 e. The molecule has 2 N–H and O–H groups in total. The molecule has 0 aliphatic heterocycles. The summed E-state index contributed by atoms with van der Waals surface area (Å²) in [7, 11) is 1.81. The van der Waals surface area contributed by atoms with Crippen molar-refractivity contribution in [1.82, 2.24) is 5.32 Å². The van der Waals surface area contributed by atoms with Crippen molar-refractivity contribution in [3.63, 3.8) is 0 Å². The molecular weight excluding hydrogens is 202 g/mol. The highest BCUT2D eigenvalue weighted by Gasteiger charge is 2.10. The number of rotatable bonds is 6. The van der Waals surface area contributed by atoms with E-state index in [2.05, 4.69) is 5.32 Å². The van der Waals surface area contributed by atoms with Crippen molar-refractivity contribution >= 4 is 5.78 Å². The highest BCUT2D eigenvalue weighted by molar-refractivity contribution is 5.81. The Hall–Kier alpha value is -1.35. The Kier molecular flexibility index (Phi) is 4.99. The highest BCUT2D eigenvalue weighted by atomic mass is 16.3. The molecule has 1 aromatic carbocycles. The molecule has 88 valence electrons. The number of hydrogen-bond donors (Lipinski definition) is 2. The summed E-state index contributed by atoms with van der Waals surface area (Å²) in [6.07, 6.45) is 2.76. The van der Waals surface area contributed by atoms with Crippen LogP contribution in [0.1, 0.15) is 25.3 Å². The summed E-state index contributed by atoms with van der Waals surface area (Å²) in [5, 5.41) is 12.1. The molecule has 1 aromatic rings. The van der Waals surface area contributed by atoms with Gasteiger partial charge in [-0.1, -0.05) is 12.1 Å². The monoisotopic (exact) mass is 221 g/mol. The maximum absolute atomic E-state index is 11.2. The van der Waals surface area contributed by atoms with Gasteiger partial charge in [0.25, 0.3) is 0 Å². The van der Waals surface area contributed by atoms with E-state index in [4.69, 9.17) is 5.11 Å². The Morgan fingerprint density at radius 2 is 2.00 bits per heavy atom. The molecule has 0 saturated heterocycles. The molecule has 0 aromatic heterocycles. The maximum Gasteiger partial charge on any atom is 0.146 e. The van der Waals surface area contributed by atoms with Crippen molar-refractivity contribution in [2.24, 2.45) is 0 Å². The lowest BCUT2D eigenvalue weighted by molar-refractivity contribution is -0.119. The predicted octanol–water partition coefficient (Wildman–Crippen LogP) is 1.89. The highest BCUT2D eigenvalue weighted by Crippen LogP contribution is 2.12. The van der Waals surface area contributed by atoms with E-state index in [9.17, 15) is 4.79 Å². The SMILES string of the molecule is CN[C@@H](CCCc1ccc(O)cc1)C(C)=O. The minimum Gasteiger partial charge on any atom is -0.508 e. The van der Waals surface area contributed by atoms with Crippen LogP contribution in [-0.4, -0.2) is 24.0 Å². The van der Waals surface area contributed by atoms with E-state index in [0.717, 1.165) is 19.3 Å². The van der Waals surface area contributed by atoms with Crippen molar-refractivity contribution in [1.29, 1.82) is 0 Å². The van der Waals surface area contributed by atoms with Crippen LogP contribution in [0.5, 0.6) is 5.75 Å². The second-order valence-corrected chi connectivity index (χ2v) is 4.01. The number of aryl methyl sites for hydroxylation is 1. The van der Waals surface area contributed by atoms with Gasteiger partial charge in [0.2, 0.25) is 0 Å². The van der Waals surface area contributed by atoms with E-state index in [1.165, 1.54) is 5.56 Å². The zero-order valence-electron chi connectivity index (χ0n) is 9.86. The second kappa shape index (κ2) is 6.28. The molecule has 0 unspecified atom stereocenters. The lowest BCUT2D eigenvalue weighted by Crippen LogP contribution is -2.32. The number of Topliss-reactive ketones (excluding diaryl/α,β-unsaturated/α-hetero) is 1. The van der Waals surface area contributed by atoms with Crippen molar-refractivity contribution < 1.29 is 9.90 Å². The topological polar surface area (TPSA) is 49.3 Å². The van der Waals surface area contributed by atoms with Gasteiger partial charge in [0.15, 0.2) is 0 Å². The molecular formula is C13H19NO2. The normalized spacial score (nSPS) is 12.4. The average molecular weight is 221 g/mol. The van der Waals surface area contributed by atoms with Gasteiger partial charge in [-0.25, -0.2) is 0 Å². The summed E-state index contributed by atoms with van der Waals surface area (Å²) in [4.78, 5) is 11.2. The van der Waals surface area contributed by atoms with E-state index in [0.29, 0.717) is 5.75 Å². The van der Waals surface area contributed by atoms with Crippen LogP contribution >= 0.6 is 0 Å². The van der Waals surface area contributed by atoms with Crippen LogP contribution < -0.4 is 5.32 Å². The first-order valence-corrected chi connectivity index (χ1v) is 5.59. The standard InChI is InChI=1S/C13H19NO2/c1-10(15)13(14-2)5-3-4-11-6-8-12(16)9-7-11/h6-9,13-14,16H,3-5H2,1-2H3/t13-/m0/s1. The molecule has 3 heteroatoms. The Balaban J connectivity index is 2.35. The van der Waals surface area contributed by atoms with Crippen LogP contribution in [-0.2, 0) is 11.2 Å². The second-order valence-electron chi connectivity index (χ2n) is 4.01. The molecule has 0 fully saturated rings. The van der Waals surface area contributed by atoms with Crippen LogP contribution in [0.15, 0.2) is 24.3 Å². The van der Waals surface area contributed by atoms with Gasteiger partial charge in [0.05, 0.1) is 6.04 Å². The maximum atomic E-state index is 11.2. The fourth-order valence-electron chi connectivity index (χ4n) is 1.72. The number of hydrogen-bond acceptors (Lipinski definition) is 3. The zero-order chi connectivity index (χ0) is 12.0. The van der Waals surface area contributed by atoms with Gasteiger partial charge >= 0.3 is 0 Å². The first-order chi connectivity index (χ1) is 7.63. The van der Waals surface area contributed by atoms with Gasteiger partial charge in [-0.15, -0.1) is 0 Å². The number of benzene rings is 1. The van der Waals surface area contributed by atoms with E-state index in [1.54, 1.807) is 19.1 Å². The van der Waals surface area contributed by atoms with E-state index in [1.807, 2.05) is 19.2 Å². The molecule has 0 bridgehead atoms. The molecule has 3 nitrogen and oxygen atoms in total. The average Bonchev–Trinajstić information content (AvgIpc) is 2.26. The minimum absolute atomic E-state index is 0.0304. The number of phenolic OH excluding ortho intramolecular Hbond substituents is 1. The van der Waals surface area contributed by atoms with Gasteiger partial charge in [-0.2, -0.15) is 0 Å². The van der Waals surface area contributed by atoms with Crippen molar-refractivity contribution in [2.45, 2.75) is 32.2 Å². The first kappa shape index (κ1) is 12.7. The number of phenols is 1. The quantitative estimate of drug-likeness (QED) is 0.771. The van der Waals surface area contributed by atoms with Gasteiger partial charge in [0.1, 0.15) is 11.5 Å². The van der Waals surface area contributed by atoms with Crippen LogP contribution in [0.25, 0.3) is 0 Å². The smallest absolute Gasteiger partial charge is 0.146 e. The Morgan fingerprint density at radius 1 is 1.38 bits per heavy atom. The Morgan fingerprint density at radius 3 is 2.50 bits per heavy atom. The van der Waals surface area contributed by atoms with E-state index in [-0.39, 0.29) is 11.8 Å². The molecule has 16 heavy (non-hydrogen) atoms. The summed E-state index contributed by atoms with van der Waals surface area (Å²) >= 11 is 0. The van der Waals surface area contributed by atoms with Crippen molar-refractivity contribution in [2.75, 3.05) is 7.05 Å². The fraction of sp³-hybridized carbons (Fsp3) is 0.462. The van der Waals surface area contributed by atoms with Crippen LogP contribution in [0.3, 0.4) is 0 Å². The Labute approximate surface area is 96.5 Å². The summed E-state index contributed by atoms with van der Waals surface area (Å²) in [6.45, 7) is 1.61. The predicted molar refractivity (Wildman–Crippen MR) is 64.6 cm³/mol. The molecule has 0 heterocycles. The minimum atomic E-state index is -0.0304. The number of likely N-dealkylation sites (N-methyl/N-ethyl adjacent to an activating group) is 1. The number of carbonyl (C=O) groups excluding carboxylic acids is 1. The van der Waals surface area contributed by atoms with Crippen molar-refractivity contribution in [3.05, 3.63) is 29.8 Å². The van der Waals surface area contributed by atoms with Gasteiger partial charge in [-0.05, 0) is 50.9 Å². The van der Waals surface area contributed by atoms with E-state index >= 15 is 0 Å². The Bertz CT molecular complexity index is 332. The third kappa shape index (κ3) is 4.03.